The molecule has 0 bridgehead atoms. The number of carbonyl (C=O) groups excluding carboxylic acids is 1. The summed E-state index contributed by atoms with van der Waals surface area (Å²) in [6.45, 7) is 0.613. The van der Waals surface area contributed by atoms with Crippen LogP contribution in [0.25, 0.3) is 0 Å². The highest BCUT2D eigenvalue weighted by Crippen LogP contribution is 2.27. The third kappa shape index (κ3) is 6.21. The van der Waals surface area contributed by atoms with Crippen LogP contribution in [0.15, 0.2) is 82.8 Å². The highest BCUT2D eigenvalue weighted by atomic mass is 35.5. The van der Waals surface area contributed by atoms with Gasteiger partial charge in [0.2, 0.25) is 10.0 Å². The van der Waals surface area contributed by atoms with E-state index in [1.807, 2.05) is 24.3 Å². The van der Waals surface area contributed by atoms with Crippen molar-refractivity contribution in [3.05, 3.63) is 94.0 Å². The van der Waals surface area contributed by atoms with Gasteiger partial charge in [-0.05, 0) is 73.0 Å². The van der Waals surface area contributed by atoms with E-state index in [2.05, 4.69) is 10.5 Å². The SMILES string of the molecule is O=C(N/N=C\c1ccc(OCc2ccccc2Cl)cc1)[C@@H]1CCCN1S(=O)(=O)c1ccc(Cl)cc1. The molecular formula is C25H23Cl2N3O4S. The van der Waals surface area contributed by atoms with Gasteiger partial charge >= 0.3 is 0 Å². The second kappa shape index (κ2) is 11.2. The van der Waals surface area contributed by atoms with E-state index in [-0.39, 0.29) is 11.4 Å². The predicted molar refractivity (Wildman–Crippen MR) is 136 cm³/mol. The van der Waals surface area contributed by atoms with E-state index in [1.54, 1.807) is 24.3 Å². The molecule has 35 heavy (non-hydrogen) atoms. The first-order chi connectivity index (χ1) is 16.8. The van der Waals surface area contributed by atoms with Crippen LogP contribution >= 0.6 is 23.2 Å². The number of hydrogen-bond acceptors (Lipinski definition) is 5. The van der Waals surface area contributed by atoms with E-state index >= 15 is 0 Å². The largest absolute Gasteiger partial charge is 0.489 e. The number of hydrogen-bond donors (Lipinski definition) is 1. The molecule has 0 aliphatic carbocycles. The minimum atomic E-state index is -3.82. The van der Waals surface area contributed by atoms with Gasteiger partial charge < -0.3 is 4.74 Å². The molecule has 3 aromatic carbocycles. The van der Waals surface area contributed by atoms with Crippen LogP contribution in [-0.2, 0) is 21.4 Å². The fourth-order valence-electron chi connectivity index (χ4n) is 3.70. The highest BCUT2D eigenvalue weighted by Gasteiger charge is 2.39. The Labute approximate surface area is 214 Å². The third-order valence-electron chi connectivity index (χ3n) is 5.55. The van der Waals surface area contributed by atoms with Crippen LogP contribution in [-0.4, -0.2) is 37.4 Å². The average Bonchev–Trinajstić information content (AvgIpc) is 3.36. The fraction of sp³-hybridized carbons (Fsp3) is 0.200. The molecule has 0 spiro atoms. The number of rotatable bonds is 8. The molecule has 1 heterocycles. The van der Waals surface area contributed by atoms with Crippen LogP contribution in [0, 0.1) is 0 Å². The summed E-state index contributed by atoms with van der Waals surface area (Å²) in [6, 6.07) is 19.7. The van der Waals surface area contributed by atoms with Gasteiger partial charge in [-0.2, -0.15) is 9.41 Å². The Morgan fingerprint density at radius 3 is 2.49 bits per heavy atom. The number of sulfonamides is 1. The number of benzene rings is 3. The Hall–Kier alpha value is -2.91. The number of hydrazone groups is 1. The molecule has 1 N–H and O–H groups in total. The lowest BCUT2D eigenvalue weighted by Crippen LogP contribution is -2.44. The maximum Gasteiger partial charge on any atom is 0.258 e. The lowest BCUT2D eigenvalue weighted by atomic mass is 10.2. The van der Waals surface area contributed by atoms with Crippen molar-refractivity contribution in [2.45, 2.75) is 30.4 Å². The number of nitrogens with zero attached hydrogens (tertiary/aromatic N) is 2. The van der Waals surface area contributed by atoms with Crippen molar-refractivity contribution in [3.8, 4) is 5.75 Å². The molecule has 10 heteroatoms. The Bertz CT molecular complexity index is 1310. The van der Waals surface area contributed by atoms with Crippen molar-refractivity contribution in [1.29, 1.82) is 0 Å². The summed E-state index contributed by atoms with van der Waals surface area (Å²) in [5, 5.41) is 5.09. The molecule has 1 aliphatic rings. The van der Waals surface area contributed by atoms with Crippen LogP contribution < -0.4 is 10.2 Å². The number of halogens is 2. The lowest BCUT2D eigenvalue weighted by Gasteiger charge is -2.22. The van der Waals surface area contributed by atoms with Crippen LogP contribution in [0.3, 0.4) is 0 Å². The molecule has 1 aliphatic heterocycles. The van der Waals surface area contributed by atoms with Gasteiger partial charge in [0.05, 0.1) is 11.1 Å². The highest BCUT2D eigenvalue weighted by molar-refractivity contribution is 7.89. The molecule has 0 radical (unpaired) electrons. The van der Waals surface area contributed by atoms with E-state index in [0.29, 0.717) is 35.2 Å². The van der Waals surface area contributed by atoms with Gasteiger partial charge in [-0.1, -0.05) is 41.4 Å². The maximum absolute atomic E-state index is 13.0. The normalized spacial score (nSPS) is 16.5. The molecule has 0 aromatic heterocycles. The second-order valence-electron chi connectivity index (χ2n) is 7.91. The van der Waals surface area contributed by atoms with Gasteiger partial charge in [0.1, 0.15) is 18.4 Å². The lowest BCUT2D eigenvalue weighted by molar-refractivity contribution is -0.124. The van der Waals surface area contributed by atoms with E-state index in [4.69, 9.17) is 27.9 Å². The van der Waals surface area contributed by atoms with Gasteiger partial charge in [-0.25, -0.2) is 13.8 Å². The van der Waals surface area contributed by atoms with Crippen molar-refractivity contribution in [2.75, 3.05) is 6.54 Å². The fourth-order valence-corrected chi connectivity index (χ4v) is 5.68. The summed E-state index contributed by atoms with van der Waals surface area (Å²) in [6.07, 6.45) is 2.50. The van der Waals surface area contributed by atoms with Crippen molar-refractivity contribution < 1.29 is 17.9 Å². The van der Waals surface area contributed by atoms with Crippen molar-refractivity contribution in [2.24, 2.45) is 5.10 Å². The molecule has 7 nitrogen and oxygen atoms in total. The van der Waals surface area contributed by atoms with Crippen molar-refractivity contribution in [3.63, 3.8) is 0 Å². The molecule has 1 atom stereocenters. The number of ether oxygens (including phenoxy) is 1. The third-order valence-corrected chi connectivity index (χ3v) is 8.09. The molecule has 0 saturated carbocycles. The zero-order valence-corrected chi connectivity index (χ0v) is 20.9. The van der Waals surface area contributed by atoms with Crippen LogP contribution in [0.4, 0.5) is 0 Å². The van der Waals surface area contributed by atoms with E-state index in [9.17, 15) is 13.2 Å². The van der Waals surface area contributed by atoms with Gasteiger partial charge in [-0.3, -0.25) is 4.79 Å². The van der Waals surface area contributed by atoms with Crippen LogP contribution in [0.5, 0.6) is 5.75 Å². The van der Waals surface area contributed by atoms with Gasteiger partial charge in [0.15, 0.2) is 0 Å². The summed E-state index contributed by atoms with van der Waals surface area (Å²) in [5.74, 6) is 0.191. The minimum absolute atomic E-state index is 0.0990. The topological polar surface area (TPSA) is 88.1 Å². The van der Waals surface area contributed by atoms with Gasteiger partial charge in [0, 0.05) is 22.2 Å². The summed E-state index contributed by atoms with van der Waals surface area (Å²) >= 11 is 12.0. The molecule has 182 valence electrons. The van der Waals surface area contributed by atoms with Crippen LogP contribution in [0.2, 0.25) is 10.0 Å². The number of carbonyl (C=O) groups is 1. The standard InChI is InChI=1S/C25H23Cl2N3O4S/c26-20-9-13-22(14-10-20)35(32,33)30-15-3-6-24(30)25(31)29-28-16-18-7-11-21(12-8-18)34-17-19-4-1-2-5-23(19)27/h1-2,4-5,7-14,16,24H,3,6,15,17H2,(H,29,31)/b28-16-/t24-/m0/s1. The zero-order valence-electron chi connectivity index (χ0n) is 18.6. The summed E-state index contributed by atoms with van der Waals surface area (Å²) in [7, 11) is -3.82. The number of amides is 1. The molecule has 0 unspecified atom stereocenters. The first-order valence-corrected chi connectivity index (χ1v) is 13.1. The molecule has 4 rings (SSSR count). The van der Waals surface area contributed by atoms with E-state index in [0.717, 1.165) is 11.1 Å². The summed E-state index contributed by atoms with van der Waals surface area (Å²) in [5.41, 5.74) is 4.09. The quantitative estimate of drug-likeness (QED) is 0.331. The van der Waals surface area contributed by atoms with E-state index < -0.39 is 22.0 Å². The first kappa shape index (κ1) is 25.2. The summed E-state index contributed by atoms with van der Waals surface area (Å²) < 4.78 is 33.0. The Balaban J connectivity index is 1.33. The molecular weight excluding hydrogens is 509 g/mol. The smallest absolute Gasteiger partial charge is 0.258 e. The Kier molecular flexibility index (Phi) is 8.07. The second-order valence-corrected chi connectivity index (χ2v) is 10.6. The molecule has 1 fully saturated rings. The van der Waals surface area contributed by atoms with Crippen LogP contribution in [0.1, 0.15) is 24.0 Å². The van der Waals surface area contributed by atoms with E-state index in [1.165, 1.54) is 34.8 Å². The first-order valence-electron chi connectivity index (χ1n) is 10.9. The Morgan fingerprint density at radius 2 is 1.77 bits per heavy atom. The molecule has 3 aromatic rings. The molecule has 1 saturated heterocycles. The van der Waals surface area contributed by atoms with Gasteiger partial charge in [0.25, 0.3) is 5.91 Å². The minimum Gasteiger partial charge on any atom is -0.489 e. The maximum atomic E-state index is 13.0. The van der Waals surface area contributed by atoms with Crippen molar-refractivity contribution >= 4 is 45.3 Å². The van der Waals surface area contributed by atoms with Gasteiger partial charge in [-0.15, -0.1) is 0 Å². The number of nitrogens with one attached hydrogen (secondary N) is 1. The monoisotopic (exact) mass is 531 g/mol. The average molecular weight is 532 g/mol. The zero-order chi connectivity index (χ0) is 24.8. The predicted octanol–water partition coefficient (Wildman–Crippen LogP) is 4.88. The summed E-state index contributed by atoms with van der Waals surface area (Å²) in [4.78, 5) is 12.8. The Morgan fingerprint density at radius 1 is 1.06 bits per heavy atom. The molecule has 1 amide bonds. The van der Waals surface area contributed by atoms with Crippen molar-refractivity contribution in [1.82, 2.24) is 9.73 Å².